The average Bonchev–Trinajstić information content (AvgIpc) is 3.06. The third-order valence-corrected chi connectivity index (χ3v) is 5.18. The number of amides is 2. The molecule has 9 heteroatoms. The van der Waals surface area contributed by atoms with Crippen LogP contribution in [-0.4, -0.2) is 43.6 Å². The number of amidine groups is 1. The molecule has 2 aromatic rings. The van der Waals surface area contributed by atoms with Gasteiger partial charge in [-0.1, -0.05) is 17.8 Å². The van der Waals surface area contributed by atoms with E-state index in [1.54, 1.807) is 37.4 Å². The second-order valence-electron chi connectivity index (χ2n) is 6.04. The minimum Gasteiger partial charge on any atom is -0.497 e. The molecule has 1 fully saturated rings. The number of hydrogen-bond acceptors (Lipinski definition) is 7. The fourth-order valence-corrected chi connectivity index (χ4v) is 3.67. The van der Waals surface area contributed by atoms with E-state index in [-0.39, 0.29) is 18.2 Å². The normalized spacial score (nSPS) is 17.0. The largest absolute Gasteiger partial charge is 0.497 e. The Balaban J connectivity index is 1.62. The summed E-state index contributed by atoms with van der Waals surface area (Å²) in [5.41, 5.74) is 1.21. The number of nitrogens with zero attached hydrogens (tertiary/aromatic N) is 1. The molecule has 8 nitrogen and oxygen atoms in total. The summed E-state index contributed by atoms with van der Waals surface area (Å²) in [6, 6.07) is 12.3. The molecule has 0 aromatic heterocycles. The van der Waals surface area contributed by atoms with E-state index in [4.69, 9.17) is 14.2 Å². The van der Waals surface area contributed by atoms with Crippen molar-refractivity contribution in [3.8, 4) is 17.2 Å². The number of thioether (sulfide) groups is 1. The summed E-state index contributed by atoms with van der Waals surface area (Å²) in [5, 5.41) is 5.37. The number of benzene rings is 2. The van der Waals surface area contributed by atoms with E-state index < -0.39 is 5.25 Å². The lowest BCUT2D eigenvalue weighted by Crippen LogP contribution is -2.28. The monoisotopic (exact) mass is 415 g/mol. The maximum absolute atomic E-state index is 12.4. The Hall–Kier alpha value is -3.20. The van der Waals surface area contributed by atoms with Crippen LogP contribution in [0.1, 0.15) is 6.42 Å². The van der Waals surface area contributed by atoms with Crippen LogP contribution < -0.4 is 24.8 Å². The van der Waals surface area contributed by atoms with E-state index in [0.717, 1.165) is 0 Å². The first-order valence-corrected chi connectivity index (χ1v) is 9.62. The van der Waals surface area contributed by atoms with Gasteiger partial charge in [-0.2, -0.15) is 0 Å². The molecule has 2 aromatic carbocycles. The number of methoxy groups -OCH3 is 3. The van der Waals surface area contributed by atoms with Crippen LogP contribution in [0.5, 0.6) is 17.2 Å². The van der Waals surface area contributed by atoms with Crippen molar-refractivity contribution in [3.05, 3.63) is 42.5 Å². The van der Waals surface area contributed by atoms with Crippen molar-refractivity contribution in [2.45, 2.75) is 11.7 Å². The van der Waals surface area contributed by atoms with E-state index in [9.17, 15) is 9.59 Å². The zero-order chi connectivity index (χ0) is 20.8. The predicted molar refractivity (Wildman–Crippen MR) is 112 cm³/mol. The molecule has 1 heterocycles. The number of rotatable bonds is 7. The summed E-state index contributed by atoms with van der Waals surface area (Å²) in [5.74, 6) is 1.21. The lowest BCUT2D eigenvalue weighted by atomic mass is 10.2. The van der Waals surface area contributed by atoms with E-state index in [1.165, 1.54) is 26.0 Å². The number of anilines is 1. The highest BCUT2D eigenvalue weighted by molar-refractivity contribution is 8.15. The molecular formula is C20H21N3O5S. The minimum atomic E-state index is -0.556. The van der Waals surface area contributed by atoms with E-state index in [1.807, 2.05) is 12.1 Å². The number of carbonyl (C=O) groups excluding carboxylic acids is 2. The fourth-order valence-electron chi connectivity index (χ4n) is 2.68. The summed E-state index contributed by atoms with van der Waals surface area (Å²) < 4.78 is 15.6. The first-order valence-electron chi connectivity index (χ1n) is 8.74. The quantitative estimate of drug-likeness (QED) is 0.722. The Morgan fingerprint density at radius 3 is 2.62 bits per heavy atom. The van der Waals surface area contributed by atoms with Gasteiger partial charge in [0.15, 0.2) is 16.7 Å². The van der Waals surface area contributed by atoms with E-state index in [0.29, 0.717) is 33.8 Å². The van der Waals surface area contributed by atoms with Gasteiger partial charge in [-0.25, -0.2) is 4.99 Å². The Bertz CT molecular complexity index is 947. The van der Waals surface area contributed by atoms with Gasteiger partial charge in [0, 0.05) is 24.2 Å². The van der Waals surface area contributed by atoms with Gasteiger partial charge in [-0.05, 0) is 24.3 Å². The van der Waals surface area contributed by atoms with Crippen molar-refractivity contribution in [1.82, 2.24) is 5.32 Å². The second kappa shape index (κ2) is 9.33. The third kappa shape index (κ3) is 5.20. The summed E-state index contributed by atoms with van der Waals surface area (Å²) in [7, 11) is 4.63. The van der Waals surface area contributed by atoms with Crippen LogP contribution in [0.15, 0.2) is 47.5 Å². The Kier molecular flexibility index (Phi) is 6.61. The van der Waals surface area contributed by atoms with E-state index >= 15 is 0 Å². The maximum atomic E-state index is 12.4. The average molecular weight is 415 g/mol. The number of ether oxygens (including phenoxy) is 3. The van der Waals surface area contributed by atoms with Crippen molar-refractivity contribution >= 4 is 40.1 Å². The maximum Gasteiger partial charge on any atom is 0.240 e. The molecule has 2 amide bonds. The van der Waals surface area contributed by atoms with Crippen molar-refractivity contribution in [2.75, 3.05) is 26.6 Å². The van der Waals surface area contributed by atoms with Gasteiger partial charge < -0.3 is 24.8 Å². The first kappa shape index (κ1) is 20.5. The SMILES string of the molecule is COc1cccc(N=C2NC(=O)[C@H](CC(=O)Nc3ccc(OC)c(OC)c3)S2)c1. The number of nitrogens with one attached hydrogen (secondary N) is 2. The van der Waals surface area contributed by atoms with Crippen LogP contribution in [-0.2, 0) is 9.59 Å². The molecule has 1 aliphatic rings. The smallest absolute Gasteiger partial charge is 0.240 e. The van der Waals surface area contributed by atoms with Gasteiger partial charge in [0.1, 0.15) is 11.0 Å². The zero-order valence-electron chi connectivity index (χ0n) is 16.2. The van der Waals surface area contributed by atoms with Gasteiger partial charge in [-0.3, -0.25) is 9.59 Å². The molecule has 1 aliphatic heterocycles. The molecule has 1 saturated heterocycles. The summed E-state index contributed by atoms with van der Waals surface area (Å²) >= 11 is 1.22. The summed E-state index contributed by atoms with van der Waals surface area (Å²) in [6.45, 7) is 0. The van der Waals surface area contributed by atoms with Crippen molar-refractivity contribution < 1.29 is 23.8 Å². The topological polar surface area (TPSA) is 98.2 Å². The number of hydrogen-bond donors (Lipinski definition) is 2. The number of aliphatic imine (C=N–C) groups is 1. The van der Waals surface area contributed by atoms with Gasteiger partial charge in [-0.15, -0.1) is 0 Å². The summed E-state index contributed by atoms with van der Waals surface area (Å²) in [4.78, 5) is 29.0. The third-order valence-electron chi connectivity index (χ3n) is 4.10. The zero-order valence-corrected chi connectivity index (χ0v) is 17.0. The highest BCUT2D eigenvalue weighted by Gasteiger charge is 2.32. The van der Waals surface area contributed by atoms with Crippen LogP contribution >= 0.6 is 11.8 Å². The molecule has 2 N–H and O–H groups in total. The molecule has 0 radical (unpaired) electrons. The van der Waals surface area contributed by atoms with Crippen molar-refractivity contribution in [2.24, 2.45) is 4.99 Å². The van der Waals surface area contributed by atoms with E-state index in [2.05, 4.69) is 15.6 Å². The van der Waals surface area contributed by atoms with Gasteiger partial charge in [0.25, 0.3) is 0 Å². The molecule has 3 rings (SSSR count). The lowest BCUT2D eigenvalue weighted by Gasteiger charge is -2.11. The minimum absolute atomic E-state index is 0.0158. The molecule has 0 saturated carbocycles. The molecule has 0 unspecified atom stereocenters. The van der Waals surface area contributed by atoms with Gasteiger partial charge >= 0.3 is 0 Å². The highest BCUT2D eigenvalue weighted by Crippen LogP contribution is 2.30. The Morgan fingerprint density at radius 2 is 1.90 bits per heavy atom. The molecule has 0 aliphatic carbocycles. The van der Waals surface area contributed by atoms with Crippen LogP contribution in [0.2, 0.25) is 0 Å². The highest BCUT2D eigenvalue weighted by atomic mass is 32.2. The van der Waals surface area contributed by atoms with Crippen LogP contribution in [0.4, 0.5) is 11.4 Å². The predicted octanol–water partition coefficient (Wildman–Crippen LogP) is 2.96. The number of carbonyl (C=O) groups is 2. The summed E-state index contributed by atoms with van der Waals surface area (Å²) in [6.07, 6.45) is 0.0158. The van der Waals surface area contributed by atoms with Crippen molar-refractivity contribution in [1.29, 1.82) is 0 Å². The molecular weight excluding hydrogens is 394 g/mol. The van der Waals surface area contributed by atoms with Crippen LogP contribution in [0.3, 0.4) is 0 Å². The standard InChI is InChI=1S/C20H21N3O5S/c1-26-14-6-4-5-12(9-14)22-20-23-19(25)17(29-20)11-18(24)21-13-7-8-15(27-2)16(10-13)28-3/h4-10,17H,11H2,1-3H3,(H,21,24)(H,22,23,25)/t17-/m0/s1. The molecule has 29 heavy (non-hydrogen) atoms. The van der Waals surface area contributed by atoms with Crippen LogP contribution in [0.25, 0.3) is 0 Å². The first-order chi connectivity index (χ1) is 14.0. The molecule has 0 bridgehead atoms. The van der Waals surface area contributed by atoms with Gasteiger partial charge in [0.05, 0.1) is 27.0 Å². The lowest BCUT2D eigenvalue weighted by molar-refractivity contribution is -0.122. The van der Waals surface area contributed by atoms with Crippen LogP contribution in [0, 0.1) is 0 Å². The van der Waals surface area contributed by atoms with Gasteiger partial charge in [0.2, 0.25) is 11.8 Å². The molecule has 1 atom stereocenters. The molecule has 152 valence electrons. The Morgan fingerprint density at radius 1 is 1.10 bits per heavy atom. The Labute approximate surface area is 172 Å². The van der Waals surface area contributed by atoms with Crippen molar-refractivity contribution in [3.63, 3.8) is 0 Å². The fraction of sp³-hybridized carbons (Fsp3) is 0.250. The second-order valence-corrected chi connectivity index (χ2v) is 7.23. The molecule has 0 spiro atoms.